The number of nitrogens with two attached hydrogens (primary N) is 1. The number of hydrogen-bond donors (Lipinski definition) is 3. The molecule has 3 rings (SSSR count). The molecule has 4 N–H and O–H groups in total. The summed E-state index contributed by atoms with van der Waals surface area (Å²) in [5, 5.41) is 14.2. The second kappa shape index (κ2) is 11.0. The van der Waals surface area contributed by atoms with Crippen LogP contribution in [0, 0.1) is 18.3 Å². The molecule has 1 aromatic carbocycles. The van der Waals surface area contributed by atoms with Gasteiger partial charge in [-0.3, -0.25) is 9.79 Å². The quantitative estimate of drug-likeness (QED) is 0.451. The number of aliphatic imine (C=N–C) groups is 1. The Balaban J connectivity index is 1.71. The van der Waals surface area contributed by atoms with Crippen LogP contribution in [0.3, 0.4) is 0 Å². The predicted octanol–water partition coefficient (Wildman–Crippen LogP) is 2.08. The maximum Gasteiger partial charge on any atom is 0.252 e. The van der Waals surface area contributed by atoms with Crippen molar-refractivity contribution in [3.05, 3.63) is 53.5 Å². The SMILES string of the molecule is Cc1cnc(NC(C=NC2CCN(C)CC2)=CN)nc1-c1ccc(C(=O)NCC#N)cc1. The van der Waals surface area contributed by atoms with Crippen LogP contribution in [0.5, 0.6) is 0 Å². The molecule has 0 unspecified atom stereocenters. The first-order valence-electron chi connectivity index (χ1n) is 10.5. The summed E-state index contributed by atoms with van der Waals surface area (Å²) in [4.78, 5) is 27.9. The van der Waals surface area contributed by atoms with Crippen molar-refractivity contribution in [1.29, 1.82) is 5.26 Å². The van der Waals surface area contributed by atoms with E-state index in [-0.39, 0.29) is 12.5 Å². The average molecular weight is 433 g/mol. The van der Waals surface area contributed by atoms with Crippen LogP contribution in [-0.4, -0.2) is 59.7 Å². The lowest BCUT2D eigenvalue weighted by Crippen LogP contribution is -2.32. The maximum absolute atomic E-state index is 12.0. The fraction of sp³-hybridized carbons (Fsp3) is 0.348. The summed E-state index contributed by atoms with van der Waals surface area (Å²) in [5.74, 6) is 0.120. The van der Waals surface area contributed by atoms with Crippen molar-refractivity contribution in [3.8, 4) is 17.3 Å². The van der Waals surface area contributed by atoms with E-state index in [1.54, 1.807) is 24.5 Å². The molecule has 1 aliphatic heterocycles. The first kappa shape index (κ1) is 22.9. The van der Waals surface area contributed by atoms with Gasteiger partial charge in [0.25, 0.3) is 5.91 Å². The van der Waals surface area contributed by atoms with Gasteiger partial charge in [0.2, 0.25) is 5.95 Å². The van der Waals surface area contributed by atoms with Gasteiger partial charge in [0.15, 0.2) is 0 Å². The van der Waals surface area contributed by atoms with Crippen LogP contribution in [-0.2, 0) is 0 Å². The van der Waals surface area contributed by atoms with Crippen LogP contribution >= 0.6 is 0 Å². The van der Waals surface area contributed by atoms with Gasteiger partial charge in [-0.2, -0.15) is 5.26 Å². The Morgan fingerprint density at radius 1 is 1.34 bits per heavy atom. The molecule has 0 radical (unpaired) electrons. The van der Waals surface area contributed by atoms with Crippen LogP contribution in [0.4, 0.5) is 5.95 Å². The van der Waals surface area contributed by atoms with Crippen LogP contribution < -0.4 is 16.4 Å². The smallest absolute Gasteiger partial charge is 0.252 e. The molecule has 1 fully saturated rings. The number of nitrogens with one attached hydrogen (secondary N) is 2. The Bertz CT molecular complexity index is 1030. The molecule has 0 saturated carbocycles. The average Bonchev–Trinajstić information content (AvgIpc) is 2.82. The van der Waals surface area contributed by atoms with E-state index >= 15 is 0 Å². The predicted molar refractivity (Wildman–Crippen MR) is 125 cm³/mol. The topological polar surface area (TPSA) is 132 Å². The van der Waals surface area contributed by atoms with E-state index in [1.807, 2.05) is 25.1 Å². The highest BCUT2D eigenvalue weighted by molar-refractivity contribution is 5.94. The Hall–Kier alpha value is -3.77. The monoisotopic (exact) mass is 432 g/mol. The molecule has 9 heteroatoms. The zero-order valence-electron chi connectivity index (χ0n) is 18.4. The van der Waals surface area contributed by atoms with E-state index < -0.39 is 0 Å². The van der Waals surface area contributed by atoms with Crippen molar-refractivity contribution in [2.24, 2.45) is 10.7 Å². The number of rotatable bonds is 7. The number of nitriles is 1. The second-order valence-electron chi connectivity index (χ2n) is 7.70. The minimum atomic E-state index is -0.290. The summed E-state index contributed by atoms with van der Waals surface area (Å²) < 4.78 is 0. The van der Waals surface area contributed by atoms with E-state index in [0.717, 1.165) is 42.8 Å². The third-order valence-electron chi connectivity index (χ3n) is 5.27. The van der Waals surface area contributed by atoms with Gasteiger partial charge in [0.05, 0.1) is 23.5 Å². The standard InChI is InChI=1S/C23H28N8O/c1-16-14-28-23(29-20(13-25)15-27-19-7-11-31(2)12-8-19)30-21(16)17-3-5-18(6-4-17)22(32)26-10-9-24/h3-6,13-15,19H,7-8,10-12,25H2,1-2H3,(H,26,32)(H,28,29,30). The number of hydrogen-bond acceptors (Lipinski definition) is 8. The first-order chi connectivity index (χ1) is 15.5. The third-order valence-corrected chi connectivity index (χ3v) is 5.27. The molecular formula is C23H28N8O. The third kappa shape index (κ3) is 6.12. The number of benzene rings is 1. The van der Waals surface area contributed by atoms with Gasteiger partial charge in [-0.05, 0) is 57.6 Å². The Kier molecular flexibility index (Phi) is 7.89. The Morgan fingerprint density at radius 3 is 2.72 bits per heavy atom. The summed E-state index contributed by atoms with van der Waals surface area (Å²) in [5.41, 5.74) is 9.38. The molecule has 1 saturated heterocycles. The zero-order chi connectivity index (χ0) is 22.9. The number of carbonyl (C=O) groups excluding carboxylic acids is 1. The first-order valence-corrected chi connectivity index (χ1v) is 10.5. The fourth-order valence-corrected chi connectivity index (χ4v) is 3.37. The molecule has 0 atom stereocenters. The van der Waals surface area contributed by atoms with Gasteiger partial charge in [-0.25, -0.2) is 9.97 Å². The number of allylic oxidation sites excluding steroid dienone is 1. The van der Waals surface area contributed by atoms with Crippen molar-refractivity contribution in [2.45, 2.75) is 25.8 Å². The Morgan fingerprint density at radius 2 is 2.06 bits per heavy atom. The van der Waals surface area contributed by atoms with Gasteiger partial charge >= 0.3 is 0 Å². The molecular weight excluding hydrogens is 404 g/mol. The summed E-state index contributed by atoms with van der Waals surface area (Å²) in [6.07, 6.45) is 6.99. The molecule has 32 heavy (non-hydrogen) atoms. The fourth-order valence-electron chi connectivity index (χ4n) is 3.37. The summed E-state index contributed by atoms with van der Waals surface area (Å²) in [7, 11) is 2.12. The second-order valence-corrected chi connectivity index (χ2v) is 7.70. The molecule has 0 bridgehead atoms. The van der Waals surface area contributed by atoms with E-state index in [4.69, 9.17) is 11.0 Å². The van der Waals surface area contributed by atoms with E-state index in [0.29, 0.717) is 23.3 Å². The highest BCUT2D eigenvalue weighted by Gasteiger charge is 2.15. The largest absolute Gasteiger partial charge is 0.403 e. The number of carbonyl (C=O) groups is 1. The van der Waals surface area contributed by atoms with Crippen molar-refractivity contribution >= 4 is 18.1 Å². The number of aryl methyl sites for hydroxylation is 1. The van der Waals surface area contributed by atoms with Crippen molar-refractivity contribution in [3.63, 3.8) is 0 Å². The van der Waals surface area contributed by atoms with E-state index in [9.17, 15) is 4.79 Å². The summed E-state index contributed by atoms with van der Waals surface area (Å²) in [6, 6.07) is 9.23. The lowest BCUT2D eigenvalue weighted by atomic mass is 10.1. The van der Waals surface area contributed by atoms with Crippen LogP contribution in [0.25, 0.3) is 11.3 Å². The molecule has 1 aliphatic rings. The van der Waals surface area contributed by atoms with Crippen molar-refractivity contribution in [2.75, 3.05) is 32.0 Å². The van der Waals surface area contributed by atoms with Crippen molar-refractivity contribution in [1.82, 2.24) is 20.2 Å². The van der Waals surface area contributed by atoms with Crippen LogP contribution in [0.15, 0.2) is 47.4 Å². The Labute approximate surface area is 188 Å². The number of aromatic nitrogens is 2. The number of likely N-dealkylation sites (tertiary alicyclic amines) is 1. The lowest BCUT2D eigenvalue weighted by Gasteiger charge is -2.26. The van der Waals surface area contributed by atoms with E-state index in [2.05, 4.69) is 37.5 Å². The van der Waals surface area contributed by atoms with Gasteiger partial charge in [-0.1, -0.05) is 12.1 Å². The van der Waals surface area contributed by atoms with Crippen LogP contribution in [0.2, 0.25) is 0 Å². The van der Waals surface area contributed by atoms with E-state index in [1.165, 1.54) is 6.20 Å². The number of piperidine rings is 1. The molecule has 1 aromatic heterocycles. The molecule has 2 heterocycles. The maximum atomic E-state index is 12.0. The molecule has 1 amide bonds. The number of anilines is 1. The van der Waals surface area contributed by atoms with Gasteiger partial charge in [0.1, 0.15) is 6.54 Å². The summed E-state index contributed by atoms with van der Waals surface area (Å²) in [6.45, 7) is 3.98. The van der Waals surface area contributed by atoms with Gasteiger partial charge in [0, 0.05) is 29.7 Å². The van der Waals surface area contributed by atoms with Crippen molar-refractivity contribution < 1.29 is 4.79 Å². The molecule has 0 aliphatic carbocycles. The lowest BCUT2D eigenvalue weighted by molar-refractivity contribution is 0.0958. The number of nitrogens with zero attached hydrogens (tertiary/aromatic N) is 5. The van der Waals surface area contributed by atoms with Gasteiger partial charge in [-0.15, -0.1) is 0 Å². The van der Waals surface area contributed by atoms with Crippen LogP contribution in [0.1, 0.15) is 28.8 Å². The molecule has 2 aromatic rings. The minimum absolute atomic E-state index is 0.0290. The normalized spacial score (nSPS) is 15.5. The highest BCUT2D eigenvalue weighted by atomic mass is 16.1. The zero-order valence-corrected chi connectivity index (χ0v) is 18.4. The minimum Gasteiger partial charge on any atom is -0.403 e. The highest BCUT2D eigenvalue weighted by Crippen LogP contribution is 2.22. The summed E-state index contributed by atoms with van der Waals surface area (Å²) >= 11 is 0. The number of amides is 1. The van der Waals surface area contributed by atoms with Gasteiger partial charge < -0.3 is 21.3 Å². The molecule has 0 spiro atoms. The molecule has 166 valence electrons. The molecule has 9 nitrogen and oxygen atoms in total.